The number of pyridine rings is 1. The highest BCUT2D eigenvalue weighted by molar-refractivity contribution is 5.88. The Morgan fingerprint density at radius 3 is 1.50 bits per heavy atom. The van der Waals surface area contributed by atoms with Gasteiger partial charge in [0, 0.05) is 6.20 Å². The smallest absolute Gasteiger partial charge is 0.335 e. The van der Waals surface area contributed by atoms with E-state index in [0.717, 1.165) is 9.63 Å². The number of aromatic nitrogens is 1. The fraction of sp³-hybridized carbons (Fsp3) is 0.176. The van der Waals surface area contributed by atoms with Gasteiger partial charge in [-0.2, -0.15) is 0 Å². The molecule has 252 valence electrons. The third kappa shape index (κ3) is 9.93. The van der Waals surface area contributed by atoms with Gasteiger partial charge in [0.1, 0.15) is 18.3 Å². The Morgan fingerprint density at radius 1 is 0.708 bits per heavy atom. The minimum absolute atomic E-state index is 0.268. The molecule has 4 atom stereocenters. The molecule has 0 saturated carbocycles. The lowest BCUT2D eigenvalue weighted by Crippen LogP contribution is -2.36. The first-order valence-corrected chi connectivity index (χ1v) is 14.3. The average molecular weight is 663 g/mol. The van der Waals surface area contributed by atoms with Gasteiger partial charge in [-0.15, -0.1) is 0 Å². The molecule has 0 bridgehead atoms. The summed E-state index contributed by atoms with van der Waals surface area (Å²) in [5.74, 6) is -2.64. The summed E-state index contributed by atoms with van der Waals surface area (Å²) >= 11 is 0. The normalized spacial score (nSPS) is 18.8. The second kappa shape index (κ2) is 17.9. The zero-order chi connectivity index (χ0) is 35.2. The van der Waals surface area contributed by atoms with Gasteiger partial charge in [0.25, 0.3) is 5.56 Å². The van der Waals surface area contributed by atoms with Crippen LogP contribution in [0.3, 0.4) is 0 Å². The summed E-state index contributed by atoms with van der Waals surface area (Å²) in [6.45, 7) is -0.178. The maximum absolute atomic E-state index is 12.4. The number of aromatic carboxylic acids is 3. The maximum atomic E-state index is 12.4. The van der Waals surface area contributed by atoms with Gasteiger partial charge in [-0.1, -0.05) is 60.7 Å². The van der Waals surface area contributed by atoms with Crippen LogP contribution in [0.25, 0.3) is 6.08 Å². The molecule has 1 saturated heterocycles. The Bertz CT molecular complexity index is 1610. The number of carboxylic acids is 3. The van der Waals surface area contributed by atoms with E-state index in [1.54, 1.807) is 103 Å². The quantitative estimate of drug-likeness (QED) is 0.163. The van der Waals surface area contributed by atoms with Crippen molar-refractivity contribution in [3.8, 4) is 0 Å². The minimum atomic E-state index is -1.32. The second-order valence-electron chi connectivity index (χ2n) is 10.1. The van der Waals surface area contributed by atoms with Crippen LogP contribution in [-0.4, -0.2) is 89.8 Å². The van der Waals surface area contributed by atoms with Crippen LogP contribution in [0.15, 0.2) is 114 Å². The van der Waals surface area contributed by atoms with Crippen molar-refractivity contribution >= 4 is 29.7 Å². The fourth-order valence-electron chi connectivity index (χ4n) is 4.36. The Morgan fingerprint density at radius 2 is 1.15 bits per heavy atom. The summed E-state index contributed by atoms with van der Waals surface area (Å²) in [6.07, 6.45) is -0.0315. The van der Waals surface area contributed by atoms with Crippen LogP contribution in [0.2, 0.25) is 0 Å². The van der Waals surface area contributed by atoms with Crippen molar-refractivity contribution in [1.29, 1.82) is 0 Å². The van der Waals surface area contributed by atoms with Crippen molar-refractivity contribution in [2.75, 3.05) is 18.2 Å². The van der Waals surface area contributed by atoms with Gasteiger partial charge in [0.15, 0.2) is 6.23 Å². The topological polar surface area (TPSA) is 227 Å². The van der Waals surface area contributed by atoms with Crippen molar-refractivity contribution in [3.05, 3.63) is 142 Å². The number of aliphatic hydroxyl groups excluding tert-OH is 3. The Balaban J connectivity index is 0.000000193. The number of aliphatic hydroxyl groups is 3. The van der Waals surface area contributed by atoms with E-state index in [-0.39, 0.29) is 12.1 Å². The van der Waals surface area contributed by atoms with Crippen LogP contribution in [-0.2, 0) is 4.74 Å². The van der Waals surface area contributed by atoms with E-state index in [1.165, 1.54) is 12.3 Å². The Labute approximate surface area is 273 Å². The number of fused-ring (bicyclic) bond motifs is 1. The van der Waals surface area contributed by atoms with E-state index in [1.807, 2.05) is 0 Å². The highest BCUT2D eigenvalue weighted by Crippen LogP contribution is 2.30. The van der Waals surface area contributed by atoms with E-state index >= 15 is 0 Å². The lowest BCUT2D eigenvalue weighted by atomic mass is 10.1. The molecule has 14 heteroatoms. The first-order chi connectivity index (χ1) is 23.0. The lowest BCUT2D eigenvalue weighted by molar-refractivity contribution is -0.0544. The summed E-state index contributed by atoms with van der Waals surface area (Å²) in [5, 5.41) is 64.6. The number of nitrogens with zero attached hydrogens (tertiary/aromatic N) is 2. The third-order valence-electron chi connectivity index (χ3n) is 6.83. The summed E-state index contributed by atoms with van der Waals surface area (Å²) in [6, 6.07) is 26.4. The van der Waals surface area contributed by atoms with Crippen molar-refractivity contribution in [1.82, 2.24) is 4.57 Å². The van der Waals surface area contributed by atoms with Gasteiger partial charge in [-0.25, -0.2) is 14.4 Å². The Hall–Kier alpha value is -5.64. The molecule has 7 N–H and O–H groups in total. The molecule has 6 rings (SSSR count). The molecule has 0 amide bonds. The third-order valence-corrected chi connectivity index (χ3v) is 6.83. The van der Waals surface area contributed by atoms with E-state index in [9.17, 15) is 34.6 Å². The van der Waals surface area contributed by atoms with Crippen LogP contribution < -0.4 is 10.6 Å². The molecule has 0 spiro atoms. The largest absolute Gasteiger partial charge is 0.478 e. The van der Waals surface area contributed by atoms with Crippen molar-refractivity contribution in [2.24, 2.45) is 0 Å². The number of anilines is 1. The molecule has 4 aromatic rings. The van der Waals surface area contributed by atoms with Gasteiger partial charge in [0.05, 0.1) is 41.1 Å². The molecule has 1 aromatic heterocycles. The number of carboxylic acid groups (broad SMARTS) is 3. The zero-order valence-electron chi connectivity index (χ0n) is 25.3. The number of rotatable bonds is 5. The molecular formula is C34H34N2O12. The van der Waals surface area contributed by atoms with Crippen molar-refractivity contribution in [3.63, 3.8) is 0 Å². The molecule has 3 heterocycles. The van der Waals surface area contributed by atoms with Crippen molar-refractivity contribution in [2.45, 2.75) is 24.5 Å². The highest BCUT2D eigenvalue weighted by Gasteiger charge is 2.43. The van der Waals surface area contributed by atoms with Crippen LogP contribution in [0, 0.1) is 0 Å². The molecule has 1 fully saturated rings. The summed E-state index contributed by atoms with van der Waals surface area (Å²) in [7, 11) is 0. The Kier molecular flexibility index (Phi) is 13.7. The van der Waals surface area contributed by atoms with E-state index in [4.69, 9.17) is 25.2 Å². The molecular weight excluding hydrogens is 628 g/mol. The molecule has 48 heavy (non-hydrogen) atoms. The first-order valence-electron chi connectivity index (χ1n) is 14.3. The number of hydroxylamine groups is 1. The van der Waals surface area contributed by atoms with E-state index in [2.05, 4.69) is 0 Å². The number of hydrogen-bond donors (Lipinski definition) is 7. The van der Waals surface area contributed by atoms with Gasteiger partial charge in [0.2, 0.25) is 0 Å². The first kappa shape index (κ1) is 36.8. The van der Waals surface area contributed by atoms with Crippen LogP contribution in [0.5, 0.6) is 0 Å². The average Bonchev–Trinajstić information content (AvgIpc) is 3.39. The van der Waals surface area contributed by atoms with Gasteiger partial charge in [-0.05, 0) is 48.5 Å². The van der Waals surface area contributed by atoms with Gasteiger partial charge < -0.3 is 35.4 Å². The molecule has 2 aliphatic rings. The monoisotopic (exact) mass is 662 g/mol. The fourth-order valence-corrected chi connectivity index (χ4v) is 4.36. The maximum Gasteiger partial charge on any atom is 0.335 e. The number of ether oxygens (including phenoxy) is 1. The SMILES string of the molecule is O=C(O)c1ccccc1.O=C(O)c1ccccc1.O=C(O)c1ccccc1.O=c1c2c(ccn1[C@@H]1O[C@H](CO)[C@@H](O)[C@H]1O)N(O)CC=C2. The van der Waals surface area contributed by atoms with Gasteiger partial charge >= 0.3 is 17.9 Å². The number of benzene rings is 3. The predicted octanol–water partition coefficient (Wildman–Crippen LogP) is 2.84. The minimum Gasteiger partial charge on any atom is -0.478 e. The molecule has 2 aliphatic heterocycles. The summed E-state index contributed by atoms with van der Waals surface area (Å²) < 4.78 is 6.48. The molecule has 0 unspecified atom stereocenters. The molecule has 0 radical (unpaired) electrons. The lowest BCUT2D eigenvalue weighted by Gasteiger charge is -2.24. The number of hydrogen-bond acceptors (Lipinski definition) is 10. The van der Waals surface area contributed by atoms with Crippen LogP contribution in [0.1, 0.15) is 42.9 Å². The van der Waals surface area contributed by atoms with Gasteiger partial charge in [-0.3, -0.25) is 19.6 Å². The standard InChI is InChI=1S/C13H16N2O6.3C7H6O2/c16-6-9-10(17)11(18)13(21-9)14-5-3-8-7(12(14)19)2-1-4-15(8)20;3*8-7(9)6-4-2-1-3-5-6/h1-3,5,9-11,13,16-18,20H,4,6H2;3*1-5H,(H,8,9)/t9-,10-,11-,13-;;;/m1.../s1. The molecule has 0 aliphatic carbocycles. The molecule has 3 aromatic carbocycles. The highest BCUT2D eigenvalue weighted by atomic mass is 16.6. The van der Waals surface area contributed by atoms with E-state index < -0.39 is 54.6 Å². The second-order valence-corrected chi connectivity index (χ2v) is 10.1. The number of carbonyl (C=O) groups is 3. The van der Waals surface area contributed by atoms with Crippen LogP contribution >= 0.6 is 0 Å². The van der Waals surface area contributed by atoms with Crippen LogP contribution in [0.4, 0.5) is 5.69 Å². The van der Waals surface area contributed by atoms with E-state index in [0.29, 0.717) is 22.4 Å². The predicted molar refractivity (Wildman–Crippen MR) is 172 cm³/mol. The van der Waals surface area contributed by atoms with Crippen molar-refractivity contribution < 1.29 is 55.0 Å². The zero-order valence-corrected chi connectivity index (χ0v) is 25.3. The summed E-state index contributed by atoms with van der Waals surface area (Å²) in [5.41, 5.74) is 1.17. The summed E-state index contributed by atoms with van der Waals surface area (Å²) in [4.78, 5) is 43.0. The molecule has 14 nitrogen and oxygen atoms in total.